The number of benzene rings is 3. The van der Waals surface area contributed by atoms with Gasteiger partial charge < -0.3 is 0 Å². The van der Waals surface area contributed by atoms with Crippen LogP contribution >= 0.6 is 0 Å². The monoisotopic (exact) mass is 433 g/mol. The van der Waals surface area contributed by atoms with Gasteiger partial charge in [0.15, 0.2) is 0 Å². The summed E-state index contributed by atoms with van der Waals surface area (Å²) in [4.78, 5) is 0. The SMILES string of the molecule is CC1=Cc2c(-c3ccccc3)cccc2C1c1c(C)c(C)c2c3[c]1[Ge][C]3=C(C)[CH]2. The molecule has 1 aliphatic heterocycles. The van der Waals surface area contributed by atoms with Crippen molar-refractivity contribution in [1.82, 2.24) is 0 Å². The Morgan fingerprint density at radius 1 is 0.793 bits per heavy atom. The second kappa shape index (κ2) is 6.09. The van der Waals surface area contributed by atoms with Gasteiger partial charge in [0.05, 0.1) is 0 Å². The molecule has 139 valence electrons. The average molecular weight is 432 g/mol. The summed E-state index contributed by atoms with van der Waals surface area (Å²) in [6.45, 7) is 9.33. The molecule has 1 unspecified atom stereocenters. The normalized spacial score (nSPS) is 18.5. The Kier molecular flexibility index (Phi) is 3.68. The number of hydrogen-bond acceptors (Lipinski definition) is 0. The fraction of sp³-hybridized carbons (Fsp3) is 0.179. The van der Waals surface area contributed by atoms with Crippen molar-refractivity contribution in [2.75, 3.05) is 0 Å². The molecule has 29 heavy (non-hydrogen) atoms. The van der Waals surface area contributed by atoms with E-state index in [0.717, 1.165) is 0 Å². The van der Waals surface area contributed by atoms with E-state index in [-0.39, 0.29) is 15.4 Å². The molecule has 0 N–H and O–H groups in total. The van der Waals surface area contributed by atoms with Crippen molar-refractivity contribution < 1.29 is 0 Å². The quantitative estimate of drug-likeness (QED) is 0.426. The number of hydrogen-bond donors (Lipinski definition) is 0. The van der Waals surface area contributed by atoms with Crippen LogP contribution in [0, 0.1) is 20.3 Å². The van der Waals surface area contributed by atoms with E-state index in [2.05, 4.69) is 88.7 Å². The molecule has 3 radical (unpaired) electrons. The van der Waals surface area contributed by atoms with E-state index in [1.54, 1.807) is 19.9 Å². The Morgan fingerprint density at radius 3 is 2.38 bits per heavy atom. The molecular weight excluding hydrogens is 409 g/mol. The van der Waals surface area contributed by atoms with E-state index < -0.39 is 0 Å². The molecule has 0 saturated carbocycles. The third-order valence-electron chi connectivity index (χ3n) is 7.07. The van der Waals surface area contributed by atoms with Gasteiger partial charge in [0.2, 0.25) is 0 Å². The van der Waals surface area contributed by atoms with Gasteiger partial charge in [-0.2, -0.15) is 0 Å². The molecule has 0 spiro atoms. The zero-order valence-electron chi connectivity index (χ0n) is 17.4. The summed E-state index contributed by atoms with van der Waals surface area (Å²) in [6, 6.07) is 17.7. The maximum absolute atomic E-state index is 2.45. The van der Waals surface area contributed by atoms with Crippen molar-refractivity contribution in [2.45, 2.75) is 33.6 Å². The van der Waals surface area contributed by atoms with Crippen LogP contribution in [0.3, 0.4) is 0 Å². The second-order valence-electron chi connectivity index (χ2n) is 8.65. The van der Waals surface area contributed by atoms with Gasteiger partial charge in [-0.25, -0.2) is 0 Å². The molecule has 1 atom stereocenters. The molecule has 3 aromatic carbocycles. The zero-order chi connectivity index (χ0) is 19.9. The van der Waals surface area contributed by atoms with E-state index >= 15 is 0 Å². The van der Waals surface area contributed by atoms with Crippen LogP contribution in [0.15, 0.2) is 59.7 Å². The summed E-state index contributed by atoms with van der Waals surface area (Å²) in [5, 5.41) is 0. The number of allylic oxidation sites excluding steroid dienone is 2. The van der Waals surface area contributed by atoms with Crippen molar-refractivity contribution >= 4 is 30.3 Å². The molecule has 3 aliphatic rings. The summed E-state index contributed by atoms with van der Waals surface area (Å²) in [7, 11) is 0. The van der Waals surface area contributed by atoms with Crippen molar-refractivity contribution in [3.05, 3.63) is 105 Å². The Labute approximate surface area is 179 Å². The Bertz CT molecular complexity index is 1270. The van der Waals surface area contributed by atoms with Gasteiger partial charge in [0.25, 0.3) is 0 Å². The van der Waals surface area contributed by atoms with E-state index in [9.17, 15) is 0 Å². The molecule has 2 aliphatic carbocycles. The van der Waals surface area contributed by atoms with Gasteiger partial charge in [-0.3, -0.25) is 0 Å². The van der Waals surface area contributed by atoms with Crippen LogP contribution in [-0.4, -0.2) is 15.4 Å². The summed E-state index contributed by atoms with van der Waals surface area (Å²) in [5.41, 5.74) is 16.4. The van der Waals surface area contributed by atoms with Gasteiger partial charge in [0.1, 0.15) is 0 Å². The molecule has 0 amide bonds. The third kappa shape index (κ3) is 2.27. The molecule has 3 aromatic rings. The van der Waals surface area contributed by atoms with E-state index in [1.165, 1.54) is 50.1 Å². The van der Waals surface area contributed by atoms with E-state index in [0.29, 0.717) is 5.92 Å². The molecule has 6 rings (SSSR count). The minimum absolute atomic E-state index is 0.147. The molecular formula is C28H23Ge. The fourth-order valence-corrected chi connectivity index (χ4v) is 8.78. The summed E-state index contributed by atoms with van der Waals surface area (Å²) in [5.74, 6) is 0.416. The summed E-state index contributed by atoms with van der Waals surface area (Å²) in [6.07, 6.45) is 4.89. The standard InChI is InChI=1S/C28H23Ge/c1-15-13-23-20(19-9-6-5-7-10-19)11-8-12-21(23)24(15)25-18(4)17(3)22-14-16(2)27-26(22)28(25)29-27/h5-14,24H,1-4H3. The van der Waals surface area contributed by atoms with Crippen LogP contribution in [0.4, 0.5) is 0 Å². The molecule has 0 bridgehead atoms. The molecule has 0 fully saturated rings. The van der Waals surface area contributed by atoms with Crippen LogP contribution < -0.4 is 4.40 Å². The molecule has 0 nitrogen and oxygen atoms in total. The molecule has 1 heterocycles. The van der Waals surface area contributed by atoms with Crippen molar-refractivity contribution in [3.63, 3.8) is 0 Å². The molecule has 0 saturated heterocycles. The van der Waals surface area contributed by atoms with Crippen molar-refractivity contribution in [1.29, 1.82) is 0 Å². The Morgan fingerprint density at radius 2 is 1.59 bits per heavy atom. The predicted molar refractivity (Wildman–Crippen MR) is 125 cm³/mol. The summed E-state index contributed by atoms with van der Waals surface area (Å²) < 4.78 is 3.43. The van der Waals surface area contributed by atoms with Gasteiger partial charge >= 0.3 is 180 Å². The Hall–Kier alpha value is -2.32. The molecule has 0 aromatic heterocycles. The zero-order valence-corrected chi connectivity index (χ0v) is 19.4. The summed E-state index contributed by atoms with van der Waals surface area (Å²) >= 11 is -0.147. The van der Waals surface area contributed by atoms with Gasteiger partial charge in [-0.1, -0.05) is 0 Å². The third-order valence-corrected chi connectivity index (χ3v) is 10.6. The number of rotatable bonds is 2. The van der Waals surface area contributed by atoms with Gasteiger partial charge in [-0.15, -0.1) is 0 Å². The molecule has 1 heteroatoms. The second-order valence-corrected chi connectivity index (χ2v) is 11.3. The van der Waals surface area contributed by atoms with Crippen LogP contribution in [0.1, 0.15) is 58.7 Å². The van der Waals surface area contributed by atoms with Crippen molar-refractivity contribution in [2.24, 2.45) is 0 Å². The minimum atomic E-state index is -0.147. The maximum atomic E-state index is 2.45. The van der Waals surface area contributed by atoms with Crippen LogP contribution in [0.25, 0.3) is 21.6 Å². The van der Waals surface area contributed by atoms with Crippen LogP contribution in [-0.2, 0) is 0 Å². The number of fused-ring (bicyclic) bond motifs is 1. The van der Waals surface area contributed by atoms with E-state index in [4.69, 9.17) is 0 Å². The topological polar surface area (TPSA) is 0 Å². The van der Waals surface area contributed by atoms with Gasteiger partial charge in [-0.05, 0) is 0 Å². The van der Waals surface area contributed by atoms with Gasteiger partial charge in [0, 0.05) is 0 Å². The van der Waals surface area contributed by atoms with Crippen molar-refractivity contribution in [3.8, 4) is 11.1 Å². The van der Waals surface area contributed by atoms with Crippen LogP contribution in [0.5, 0.6) is 0 Å². The Balaban J connectivity index is 1.58. The first kappa shape index (κ1) is 17.5. The van der Waals surface area contributed by atoms with Crippen LogP contribution in [0.2, 0.25) is 0 Å². The first-order chi connectivity index (χ1) is 14.1. The predicted octanol–water partition coefficient (Wildman–Crippen LogP) is 6.16. The first-order valence-electron chi connectivity index (χ1n) is 10.4. The fourth-order valence-electron chi connectivity index (χ4n) is 5.49. The first-order valence-corrected chi connectivity index (χ1v) is 12.5. The van der Waals surface area contributed by atoms with E-state index in [1.807, 2.05) is 0 Å². The average Bonchev–Trinajstić information content (AvgIpc) is 3.18.